The molecule has 41 heavy (non-hydrogen) atoms. The molecule has 0 aliphatic carbocycles. The molecule has 4 aromatic rings. The van der Waals surface area contributed by atoms with Crippen molar-refractivity contribution in [1.82, 2.24) is 19.9 Å². The quantitative estimate of drug-likeness (QED) is 0.137. The van der Waals surface area contributed by atoms with Crippen LogP contribution >= 0.6 is 11.8 Å². The monoisotopic (exact) mass is 578 g/mol. The Morgan fingerprint density at radius 2 is 1.80 bits per heavy atom. The molecule has 0 spiro atoms. The zero-order valence-electron chi connectivity index (χ0n) is 22.6. The molecule has 0 bridgehead atoms. The number of amidine groups is 1. The van der Waals surface area contributed by atoms with E-state index in [9.17, 15) is 18.7 Å². The van der Waals surface area contributed by atoms with Crippen LogP contribution in [-0.4, -0.2) is 43.5 Å². The van der Waals surface area contributed by atoms with E-state index in [2.05, 4.69) is 20.2 Å². The number of hydrogen-bond acceptors (Lipinski definition) is 8. The third-order valence-corrected chi connectivity index (χ3v) is 7.02. The molecule has 0 saturated carbocycles. The molecular weight excluding hydrogens is 550 g/mol. The molecule has 212 valence electrons. The molecule has 12 heteroatoms. The van der Waals surface area contributed by atoms with Crippen LogP contribution in [0.5, 0.6) is 11.6 Å². The average molecular weight is 579 g/mol. The van der Waals surface area contributed by atoms with E-state index in [-0.39, 0.29) is 23.6 Å². The van der Waals surface area contributed by atoms with E-state index >= 15 is 0 Å². The highest BCUT2D eigenvalue weighted by molar-refractivity contribution is 8.13. The van der Waals surface area contributed by atoms with Gasteiger partial charge in [0.25, 0.3) is 0 Å². The first kappa shape index (κ1) is 29.4. The number of rotatable bonds is 10. The van der Waals surface area contributed by atoms with Crippen LogP contribution in [0, 0.1) is 0 Å². The van der Waals surface area contributed by atoms with Crippen molar-refractivity contribution in [3.63, 3.8) is 0 Å². The number of thioether (sulfide) groups is 1. The first-order valence-electron chi connectivity index (χ1n) is 12.4. The van der Waals surface area contributed by atoms with E-state index in [4.69, 9.17) is 4.74 Å². The molecule has 2 aromatic carbocycles. The molecule has 2 heterocycles. The summed E-state index contributed by atoms with van der Waals surface area (Å²) in [6.45, 7) is 3.25. The lowest BCUT2D eigenvalue weighted by molar-refractivity contribution is 0.111. The van der Waals surface area contributed by atoms with Crippen molar-refractivity contribution in [2.45, 2.75) is 31.9 Å². The first-order valence-corrected chi connectivity index (χ1v) is 13.4. The maximum atomic E-state index is 14.3. The van der Waals surface area contributed by atoms with Crippen LogP contribution in [0.25, 0.3) is 6.08 Å². The third-order valence-electron chi connectivity index (χ3n) is 5.93. The van der Waals surface area contributed by atoms with Gasteiger partial charge in [0.1, 0.15) is 23.7 Å². The SMILES string of the molecule is CN(/C(=N\n1ncc(/C=C/F)c1C=O)SCc1ccc(C(C)(C)F)cc1)c1cnc(OCc2ccc(O)cc2)cn1. The second kappa shape index (κ2) is 13.2. The van der Waals surface area contributed by atoms with Gasteiger partial charge in [0.05, 0.1) is 24.9 Å². The number of phenolic OH excluding ortho intramolecular Hbond substituents is 1. The number of benzene rings is 2. The Kier molecular flexibility index (Phi) is 9.45. The molecule has 9 nitrogen and oxygen atoms in total. The molecule has 4 rings (SSSR count). The fraction of sp³-hybridized carbons (Fsp3) is 0.207. The number of ether oxygens (including phenoxy) is 1. The summed E-state index contributed by atoms with van der Waals surface area (Å²) in [6.07, 6.45) is 6.32. The molecule has 0 saturated heterocycles. The number of anilines is 1. The minimum atomic E-state index is -1.45. The number of aromatic nitrogens is 4. The number of alkyl halides is 1. The zero-order chi connectivity index (χ0) is 29.4. The number of nitrogens with zero attached hydrogens (tertiary/aromatic N) is 6. The van der Waals surface area contributed by atoms with Crippen LogP contribution in [0.2, 0.25) is 0 Å². The minimum Gasteiger partial charge on any atom is -0.508 e. The summed E-state index contributed by atoms with van der Waals surface area (Å²) in [7, 11) is 1.73. The highest BCUT2D eigenvalue weighted by atomic mass is 32.2. The molecule has 0 unspecified atom stereocenters. The Balaban J connectivity index is 1.56. The smallest absolute Gasteiger partial charge is 0.232 e. The van der Waals surface area contributed by atoms with Crippen LogP contribution in [0.3, 0.4) is 0 Å². The fourth-order valence-corrected chi connectivity index (χ4v) is 4.49. The second-order valence-corrected chi connectivity index (χ2v) is 10.3. The lowest BCUT2D eigenvalue weighted by atomic mass is 9.99. The van der Waals surface area contributed by atoms with Gasteiger partial charge in [0.15, 0.2) is 17.3 Å². The highest BCUT2D eigenvalue weighted by Gasteiger charge is 2.19. The van der Waals surface area contributed by atoms with Crippen LogP contribution in [0.1, 0.15) is 46.6 Å². The summed E-state index contributed by atoms with van der Waals surface area (Å²) in [5, 5.41) is 18.5. The van der Waals surface area contributed by atoms with Crippen molar-refractivity contribution < 1.29 is 23.4 Å². The van der Waals surface area contributed by atoms with Gasteiger partial charge in [-0.2, -0.15) is 5.10 Å². The number of carbonyl (C=O) groups is 1. The predicted molar refractivity (Wildman–Crippen MR) is 155 cm³/mol. The molecular formula is C29H28F2N6O3S. The van der Waals surface area contributed by atoms with Crippen molar-refractivity contribution in [2.24, 2.45) is 5.10 Å². The van der Waals surface area contributed by atoms with Crippen molar-refractivity contribution >= 4 is 35.1 Å². The Morgan fingerprint density at radius 3 is 2.41 bits per heavy atom. The molecule has 0 radical (unpaired) electrons. The Hall–Kier alpha value is -4.58. The molecule has 0 fully saturated rings. The van der Waals surface area contributed by atoms with Crippen molar-refractivity contribution in [3.05, 3.63) is 101 Å². The zero-order valence-corrected chi connectivity index (χ0v) is 23.4. The van der Waals surface area contributed by atoms with Gasteiger partial charge in [-0.25, -0.2) is 18.7 Å². The van der Waals surface area contributed by atoms with Gasteiger partial charge in [0.2, 0.25) is 5.88 Å². The standard InChI is InChI=1S/C29H28F2N6O3S/c1-29(2,31)23-8-4-21(5-9-23)19-41-28(35-37-25(17-38)22(12-13-30)14-34-37)36(3)26-15-33-27(16-32-26)40-18-20-6-10-24(39)11-7-20/h4-17,39H,18-19H2,1-3H3/b13-12+,35-28+. The van der Waals surface area contributed by atoms with E-state index in [0.717, 1.165) is 22.0 Å². The van der Waals surface area contributed by atoms with E-state index in [1.54, 1.807) is 48.3 Å². The number of aromatic hydroxyl groups is 1. The summed E-state index contributed by atoms with van der Waals surface area (Å²) < 4.78 is 32.8. The van der Waals surface area contributed by atoms with Crippen molar-refractivity contribution in [2.75, 3.05) is 11.9 Å². The minimum absolute atomic E-state index is 0.0731. The summed E-state index contributed by atoms with van der Waals surface area (Å²) in [4.78, 5) is 23.3. The lowest BCUT2D eigenvalue weighted by Gasteiger charge is -2.20. The lowest BCUT2D eigenvalue weighted by Crippen LogP contribution is -2.26. The molecule has 0 aliphatic rings. The summed E-state index contributed by atoms with van der Waals surface area (Å²) in [5.41, 5.74) is 1.24. The number of carbonyl (C=O) groups excluding carboxylic acids is 1. The number of phenols is 1. The van der Waals surface area contributed by atoms with E-state index in [0.29, 0.717) is 40.8 Å². The van der Waals surface area contributed by atoms with E-state index < -0.39 is 5.67 Å². The maximum absolute atomic E-state index is 14.3. The van der Waals surface area contributed by atoms with Gasteiger partial charge in [-0.1, -0.05) is 48.2 Å². The van der Waals surface area contributed by atoms with Gasteiger partial charge in [-0.15, -0.1) is 9.89 Å². The number of halogens is 2. The fourth-order valence-electron chi connectivity index (χ4n) is 3.58. The molecule has 0 atom stereocenters. The third kappa shape index (κ3) is 7.76. The second-order valence-electron chi connectivity index (χ2n) is 9.35. The van der Waals surface area contributed by atoms with Gasteiger partial charge in [0, 0.05) is 18.4 Å². The highest BCUT2D eigenvalue weighted by Crippen LogP contribution is 2.26. The van der Waals surface area contributed by atoms with Crippen molar-refractivity contribution in [1.29, 1.82) is 0 Å². The first-order chi connectivity index (χ1) is 19.7. The molecule has 2 aromatic heterocycles. The van der Waals surface area contributed by atoms with Crippen LogP contribution in [0.15, 0.2) is 78.6 Å². The van der Waals surface area contributed by atoms with Crippen LogP contribution in [0.4, 0.5) is 14.6 Å². The van der Waals surface area contributed by atoms with Gasteiger partial charge in [-0.3, -0.25) is 4.79 Å². The molecule has 1 N–H and O–H groups in total. The number of aldehydes is 1. The normalized spacial score (nSPS) is 12.1. The Labute approximate surface area is 240 Å². The van der Waals surface area contributed by atoms with Crippen LogP contribution < -0.4 is 9.64 Å². The van der Waals surface area contributed by atoms with E-state index in [1.165, 1.54) is 44.2 Å². The Morgan fingerprint density at radius 1 is 1.10 bits per heavy atom. The predicted octanol–water partition coefficient (Wildman–Crippen LogP) is 6.10. The molecule has 0 aliphatic heterocycles. The van der Waals surface area contributed by atoms with Gasteiger partial charge >= 0.3 is 0 Å². The molecule has 0 amide bonds. The van der Waals surface area contributed by atoms with E-state index in [1.807, 2.05) is 12.1 Å². The average Bonchev–Trinajstić information content (AvgIpc) is 3.35. The van der Waals surface area contributed by atoms with Gasteiger partial charge in [-0.05, 0) is 48.7 Å². The Bertz CT molecular complexity index is 1520. The van der Waals surface area contributed by atoms with Gasteiger partial charge < -0.3 is 14.7 Å². The van der Waals surface area contributed by atoms with Crippen molar-refractivity contribution in [3.8, 4) is 11.6 Å². The van der Waals surface area contributed by atoms with Crippen LogP contribution in [-0.2, 0) is 18.0 Å². The summed E-state index contributed by atoms with van der Waals surface area (Å²) in [6, 6.07) is 13.8. The maximum Gasteiger partial charge on any atom is 0.232 e. The summed E-state index contributed by atoms with van der Waals surface area (Å²) in [5.74, 6) is 1.37. The largest absolute Gasteiger partial charge is 0.508 e. The topological polar surface area (TPSA) is 106 Å². The number of hydrogen-bond donors (Lipinski definition) is 1. The summed E-state index contributed by atoms with van der Waals surface area (Å²) >= 11 is 1.33.